The molecule has 0 saturated carbocycles. The van der Waals surface area contributed by atoms with E-state index in [4.69, 9.17) is 0 Å². The highest BCUT2D eigenvalue weighted by molar-refractivity contribution is 5.56. The molecule has 10 heavy (non-hydrogen) atoms. The van der Waals surface area contributed by atoms with Gasteiger partial charge >= 0.3 is 0 Å². The van der Waals surface area contributed by atoms with Crippen molar-refractivity contribution >= 4 is 6.21 Å². The highest BCUT2D eigenvalue weighted by Gasteiger charge is 1.84. The number of rotatable bonds is 6. The van der Waals surface area contributed by atoms with Crippen LogP contribution in [0.1, 0.15) is 25.7 Å². The van der Waals surface area contributed by atoms with E-state index in [9.17, 15) is 0 Å². The Morgan fingerprint density at radius 3 is 2.70 bits per heavy atom. The Labute approximate surface area is 63.7 Å². The van der Waals surface area contributed by atoms with Crippen LogP contribution in [0.2, 0.25) is 0 Å². The van der Waals surface area contributed by atoms with Gasteiger partial charge in [0.25, 0.3) is 0 Å². The third-order valence-electron chi connectivity index (χ3n) is 1.44. The molecule has 0 aromatic carbocycles. The summed E-state index contributed by atoms with van der Waals surface area (Å²) < 4.78 is 0. The predicted molar refractivity (Wildman–Crippen MR) is 46.8 cm³/mol. The van der Waals surface area contributed by atoms with Gasteiger partial charge in [0.05, 0.1) is 0 Å². The number of aliphatic imine (C=N–C) groups is 1. The van der Waals surface area contributed by atoms with E-state index >= 15 is 0 Å². The molecule has 0 aromatic heterocycles. The molecule has 0 bridgehead atoms. The molecule has 0 rings (SSSR count). The summed E-state index contributed by atoms with van der Waals surface area (Å²) in [6.07, 6.45) is 7.00. The molecule has 0 amide bonds. The molecule has 0 unspecified atom stereocenters. The molecule has 0 aliphatic heterocycles. The summed E-state index contributed by atoms with van der Waals surface area (Å²) in [7, 11) is 3.82. The van der Waals surface area contributed by atoms with Crippen molar-refractivity contribution in [2.75, 3.05) is 20.6 Å². The maximum Gasteiger partial charge on any atom is 0.0273 e. The second-order valence-electron chi connectivity index (χ2n) is 2.39. The fourth-order valence-corrected chi connectivity index (χ4v) is 0.843. The Morgan fingerprint density at radius 1 is 1.30 bits per heavy atom. The first-order valence-electron chi connectivity index (χ1n) is 3.97. The van der Waals surface area contributed by atoms with Crippen LogP contribution in [0.4, 0.5) is 0 Å². The van der Waals surface area contributed by atoms with Crippen molar-refractivity contribution in [3.05, 3.63) is 0 Å². The topological polar surface area (TPSA) is 24.4 Å². The molecule has 0 heterocycles. The van der Waals surface area contributed by atoms with Crippen molar-refractivity contribution in [1.29, 1.82) is 0 Å². The van der Waals surface area contributed by atoms with E-state index in [0.717, 1.165) is 13.0 Å². The summed E-state index contributed by atoms with van der Waals surface area (Å²) in [6, 6.07) is 0. The smallest absolute Gasteiger partial charge is 0.0273 e. The molecule has 0 aliphatic rings. The molecular formula is C8H18N2. The fourth-order valence-electron chi connectivity index (χ4n) is 0.843. The minimum Gasteiger partial charge on any atom is -0.320 e. The Hall–Kier alpha value is -0.370. The van der Waals surface area contributed by atoms with Gasteiger partial charge in [-0.15, -0.1) is 0 Å². The highest BCUT2D eigenvalue weighted by Crippen LogP contribution is 1.95. The summed E-state index contributed by atoms with van der Waals surface area (Å²) in [5, 5.41) is 3.12. The van der Waals surface area contributed by atoms with Gasteiger partial charge in [-0.25, -0.2) is 0 Å². The van der Waals surface area contributed by atoms with Crippen LogP contribution >= 0.6 is 0 Å². The van der Waals surface area contributed by atoms with E-state index in [1.54, 1.807) is 0 Å². The number of nitrogens with one attached hydrogen (secondary N) is 1. The van der Waals surface area contributed by atoms with Crippen LogP contribution in [0.25, 0.3) is 0 Å². The van der Waals surface area contributed by atoms with Crippen molar-refractivity contribution in [2.24, 2.45) is 4.99 Å². The quantitative estimate of drug-likeness (QED) is 0.441. The average Bonchev–Trinajstić information content (AvgIpc) is 1.97. The zero-order chi connectivity index (χ0) is 7.66. The molecule has 0 spiro atoms. The van der Waals surface area contributed by atoms with Crippen LogP contribution in [0.15, 0.2) is 4.99 Å². The summed E-state index contributed by atoms with van der Waals surface area (Å²) >= 11 is 0. The van der Waals surface area contributed by atoms with Gasteiger partial charge in [-0.2, -0.15) is 0 Å². The van der Waals surface area contributed by atoms with Gasteiger partial charge in [0.15, 0.2) is 0 Å². The van der Waals surface area contributed by atoms with Gasteiger partial charge in [-0.1, -0.05) is 6.42 Å². The molecule has 0 radical (unpaired) electrons. The molecule has 2 heteroatoms. The lowest BCUT2D eigenvalue weighted by atomic mass is 10.2. The van der Waals surface area contributed by atoms with Gasteiger partial charge in [-0.3, -0.25) is 0 Å². The van der Waals surface area contributed by atoms with Crippen LogP contribution in [0.3, 0.4) is 0 Å². The number of unbranched alkanes of at least 4 members (excludes halogenated alkanes) is 3. The van der Waals surface area contributed by atoms with Gasteiger partial charge in [0.2, 0.25) is 0 Å². The second kappa shape index (κ2) is 8.63. The standard InChI is InChI=1S/C8H18N2/c1-9-7-5-3-4-6-8-10-2/h7,10H,3-6,8H2,1-2H3/b9-7+. The second-order valence-corrected chi connectivity index (χ2v) is 2.39. The van der Waals surface area contributed by atoms with Crippen LogP contribution < -0.4 is 5.32 Å². The van der Waals surface area contributed by atoms with Crippen LogP contribution in [0, 0.1) is 0 Å². The van der Waals surface area contributed by atoms with Gasteiger partial charge in [0.1, 0.15) is 0 Å². The van der Waals surface area contributed by atoms with E-state index in [1.807, 2.05) is 20.3 Å². The molecule has 60 valence electrons. The average molecular weight is 142 g/mol. The summed E-state index contributed by atoms with van der Waals surface area (Å²) in [5.74, 6) is 0. The van der Waals surface area contributed by atoms with Gasteiger partial charge in [-0.05, 0) is 39.1 Å². The third kappa shape index (κ3) is 7.63. The lowest BCUT2D eigenvalue weighted by Crippen LogP contribution is -2.06. The minimum atomic E-state index is 1.14. The molecule has 1 N–H and O–H groups in total. The molecule has 0 aliphatic carbocycles. The largest absolute Gasteiger partial charge is 0.320 e. The lowest BCUT2D eigenvalue weighted by molar-refractivity contribution is 0.655. The van der Waals surface area contributed by atoms with Crippen molar-refractivity contribution in [1.82, 2.24) is 5.32 Å². The number of hydrogen-bond acceptors (Lipinski definition) is 2. The highest BCUT2D eigenvalue weighted by atomic mass is 14.8. The van der Waals surface area contributed by atoms with E-state index in [1.165, 1.54) is 19.3 Å². The Morgan fingerprint density at radius 2 is 2.10 bits per heavy atom. The van der Waals surface area contributed by atoms with Crippen molar-refractivity contribution in [3.8, 4) is 0 Å². The Balaban J connectivity index is 2.77. The lowest BCUT2D eigenvalue weighted by Gasteiger charge is -1.96. The fraction of sp³-hybridized carbons (Fsp3) is 0.875. The van der Waals surface area contributed by atoms with Crippen molar-refractivity contribution < 1.29 is 0 Å². The van der Waals surface area contributed by atoms with Gasteiger partial charge < -0.3 is 10.3 Å². The van der Waals surface area contributed by atoms with Crippen LogP contribution in [-0.2, 0) is 0 Å². The SMILES string of the molecule is C/N=C/CCCCCNC. The Kier molecular flexibility index (Phi) is 8.31. The van der Waals surface area contributed by atoms with Crippen molar-refractivity contribution in [3.63, 3.8) is 0 Å². The zero-order valence-electron chi connectivity index (χ0n) is 7.06. The first-order chi connectivity index (χ1) is 4.91. The molecular weight excluding hydrogens is 124 g/mol. The number of hydrogen-bond donors (Lipinski definition) is 1. The maximum absolute atomic E-state index is 3.91. The normalized spacial score (nSPS) is 11.0. The first kappa shape index (κ1) is 9.63. The van der Waals surface area contributed by atoms with E-state index in [0.29, 0.717) is 0 Å². The third-order valence-corrected chi connectivity index (χ3v) is 1.44. The zero-order valence-corrected chi connectivity index (χ0v) is 7.06. The number of nitrogens with zero attached hydrogens (tertiary/aromatic N) is 1. The van der Waals surface area contributed by atoms with E-state index in [2.05, 4.69) is 10.3 Å². The molecule has 2 nitrogen and oxygen atoms in total. The summed E-state index contributed by atoms with van der Waals surface area (Å²) in [5.41, 5.74) is 0. The van der Waals surface area contributed by atoms with Gasteiger partial charge in [0, 0.05) is 7.05 Å². The Bertz CT molecular complexity index is 79.3. The molecule has 0 aromatic rings. The van der Waals surface area contributed by atoms with Crippen LogP contribution in [0.5, 0.6) is 0 Å². The van der Waals surface area contributed by atoms with Crippen molar-refractivity contribution in [2.45, 2.75) is 25.7 Å². The summed E-state index contributed by atoms with van der Waals surface area (Å²) in [4.78, 5) is 3.91. The molecule has 0 saturated heterocycles. The maximum atomic E-state index is 3.91. The first-order valence-corrected chi connectivity index (χ1v) is 3.97. The summed E-state index contributed by atoms with van der Waals surface area (Å²) in [6.45, 7) is 1.14. The van der Waals surface area contributed by atoms with E-state index in [-0.39, 0.29) is 0 Å². The molecule has 0 atom stereocenters. The predicted octanol–water partition coefficient (Wildman–Crippen LogP) is 1.47. The van der Waals surface area contributed by atoms with Crippen LogP contribution in [-0.4, -0.2) is 26.9 Å². The minimum absolute atomic E-state index is 1.14. The molecule has 0 fully saturated rings. The monoisotopic (exact) mass is 142 g/mol. The van der Waals surface area contributed by atoms with E-state index < -0.39 is 0 Å².